The number of carbonyl (C=O) groups is 1. The van der Waals surface area contributed by atoms with Crippen LogP contribution in [0.4, 0.5) is 0 Å². The highest BCUT2D eigenvalue weighted by Gasteiger charge is 2.56. The first-order chi connectivity index (χ1) is 7.77. The Labute approximate surface area is 97.6 Å². The Morgan fingerprint density at radius 2 is 2.25 bits per heavy atom. The summed E-state index contributed by atoms with van der Waals surface area (Å²) in [5, 5.41) is 3.80. The molecule has 0 bridgehead atoms. The second-order valence-electron chi connectivity index (χ2n) is 5.65. The number of nitrogens with zero attached hydrogens (tertiary/aromatic N) is 1. The lowest BCUT2D eigenvalue weighted by Crippen LogP contribution is -2.49. The SMILES string of the molecule is CCC[C@@]12CCC(=O)N1[C@@H]1CCCC[C@@H]1N2. The number of hydrogen-bond donors (Lipinski definition) is 1. The summed E-state index contributed by atoms with van der Waals surface area (Å²) in [6.45, 7) is 2.22. The van der Waals surface area contributed by atoms with E-state index in [9.17, 15) is 4.79 Å². The fourth-order valence-corrected chi connectivity index (χ4v) is 4.10. The molecule has 3 atom stereocenters. The van der Waals surface area contributed by atoms with Crippen LogP contribution in [-0.4, -0.2) is 28.6 Å². The van der Waals surface area contributed by atoms with Crippen LogP contribution in [0.25, 0.3) is 0 Å². The van der Waals surface area contributed by atoms with E-state index in [1.165, 1.54) is 25.7 Å². The van der Waals surface area contributed by atoms with E-state index in [-0.39, 0.29) is 5.66 Å². The van der Waals surface area contributed by atoms with Crippen LogP contribution < -0.4 is 5.32 Å². The molecule has 0 unspecified atom stereocenters. The van der Waals surface area contributed by atoms with Crippen LogP contribution in [0.3, 0.4) is 0 Å². The van der Waals surface area contributed by atoms with Crippen LogP contribution in [0.15, 0.2) is 0 Å². The number of fused-ring (bicyclic) bond motifs is 3. The van der Waals surface area contributed by atoms with Crippen molar-refractivity contribution in [2.24, 2.45) is 0 Å². The maximum absolute atomic E-state index is 12.1. The van der Waals surface area contributed by atoms with E-state index in [4.69, 9.17) is 0 Å². The molecule has 2 saturated heterocycles. The molecule has 0 spiro atoms. The minimum Gasteiger partial charge on any atom is -0.320 e. The van der Waals surface area contributed by atoms with Gasteiger partial charge in [0.05, 0.1) is 5.66 Å². The molecule has 3 heteroatoms. The molecule has 3 rings (SSSR count). The summed E-state index contributed by atoms with van der Waals surface area (Å²) in [5.41, 5.74) is 0.0471. The summed E-state index contributed by atoms with van der Waals surface area (Å²) in [6.07, 6.45) is 9.20. The van der Waals surface area contributed by atoms with Gasteiger partial charge in [0.2, 0.25) is 5.91 Å². The van der Waals surface area contributed by atoms with E-state index < -0.39 is 0 Å². The van der Waals surface area contributed by atoms with Gasteiger partial charge in [-0.05, 0) is 25.7 Å². The van der Waals surface area contributed by atoms with Crippen molar-refractivity contribution in [3.8, 4) is 0 Å². The van der Waals surface area contributed by atoms with Crippen LogP contribution in [0, 0.1) is 0 Å². The van der Waals surface area contributed by atoms with Crippen molar-refractivity contribution in [2.45, 2.75) is 76.0 Å². The first kappa shape index (κ1) is 10.6. The van der Waals surface area contributed by atoms with Gasteiger partial charge in [0, 0.05) is 18.5 Å². The molecule has 2 heterocycles. The standard InChI is InChI=1S/C13H22N2O/c1-2-8-13-9-7-12(16)15(13)11-6-4-3-5-10(11)14-13/h10-11,14H,2-9H2,1H3/t10-,11+,13-/m0/s1. The second-order valence-corrected chi connectivity index (χ2v) is 5.65. The number of hydrogen-bond acceptors (Lipinski definition) is 2. The Balaban J connectivity index is 1.89. The van der Waals surface area contributed by atoms with Crippen LogP contribution in [0.5, 0.6) is 0 Å². The third-order valence-corrected chi connectivity index (χ3v) is 4.66. The smallest absolute Gasteiger partial charge is 0.224 e. The summed E-state index contributed by atoms with van der Waals surface area (Å²) in [4.78, 5) is 14.3. The summed E-state index contributed by atoms with van der Waals surface area (Å²) in [6, 6.07) is 1.10. The molecule has 1 amide bonds. The quantitative estimate of drug-likeness (QED) is 0.775. The molecule has 3 fully saturated rings. The van der Waals surface area contributed by atoms with E-state index in [0.29, 0.717) is 18.0 Å². The molecule has 3 aliphatic rings. The van der Waals surface area contributed by atoms with Crippen molar-refractivity contribution in [1.29, 1.82) is 0 Å². The molecule has 1 aliphatic carbocycles. The average molecular weight is 222 g/mol. The van der Waals surface area contributed by atoms with E-state index in [1.54, 1.807) is 0 Å². The number of amides is 1. The topological polar surface area (TPSA) is 32.3 Å². The van der Waals surface area contributed by atoms with Crippen LogP contribution in [0.1, 0.15) is 58.3 Å². The predicted octanol–water partition coefficient (Wildman–Crippen LogP) is 2.02. The molecule has 0 aromatic rings. The zero-order valence-corrected chi connectivity index (χ0v) is 10.2. The minimum absolute atomic E-state index is 0.0471. The summed E-state index contributed by atoms with van der Waals surface area (Å²) in [5.74, 6) is 0.398. The zero-order chi connectivity index (χ0) is 11.2. The summed E-state index contributed by atoms with van der Waals surface area (Å²) >= 11 is 0. The van der Waals surface area contributed by atoms with Gasteiger partial charge in [-0.25, -0.2) is 0 Å². The average Bonchev–Trinajstić information content (AvgIpc) is 2.75. The third kappa shape index (κ3) is 1.33. The van der Waals surface area contributed by atoms with Crippen LogP contribution >= 0.6 is 0 Å². The number of carbonyl (C=O) groups excluding carboxylic acids is 1. The van der Waals surface area contributed by atoms with Crippen LogP contribution in [-0.2, 0) is 4.79 Å². The first-order valence-electron chi connectivity index (χ1n) is 6.87. The highest BCUT2D eigenvalue weighted by molar-refractivity contribution is 5.80. The van der Waals surface area contributed by atoms with Gasteiger partial charge in [0.1, 0.15) is 0 Å². The van der Waals surface area contributed by atoms with E-state index in [2.05, 4.69) is 17.1 Å². The summed E-state index contributed by atoms with van der Waals surface area (Å²) < 4.78 is 0. The van der Waals surface area contributed by atoms with Gasteiger partial charge in [-0.2, -0.15) is 0 Å². The number of rotatable bonds is 2. The minimum atomic E-state index is 0.0471. The van der Waals surface area contributed by atoms with Crippen LogP contribution in [0.2, 0.25) is 0 Å². The Bertz CT molecular complexity index is 304. The fourth-order valence-electron chi connectivity index (χ4n) is 4.10. The summed E-state index contributed by atoms with van der Waals surface area (Å²) in [7, 11) is 0. The van der Waals surface area contributed by atoms with Gasteiger partial charge in [-0.3, -0.25) is 10.1 Å². The Kier molecular flexibility index (Phi) is 2.46. The maximum atomic E-state index is 12.1. The van der Waals surface area contributed by atoms with E-state index in [0.717, 1.165) is 25.7 Å². The van der Waals surface area contributed by atoms with Gasteiger partial charge < -0.3 is 4.90 Å². The first-order valence-corrected chi connectivity index (χ1v) is 6.87. The van der Waals surface area contributed by atoms with Crippen molar-refractivity contribution in [1.82, 2.24) is 10.2 Å². The molecule has 0 aromatic heterocycles. The van der Waals surface area contributed by atoms with Gasteiger partial charge >= 0.3 is 0 Å². The molecule has 16 heavy (non-hydrogen) atoms. The lowest BCUT2D eigenvalue weighted by molar-refractivity contribution is -0.132. The molecule has 1 saturated carbocycles. The molecular weight excluding hydrogens is 200 g/mol. The third-order valence-electron chi connectivity index (χ3n) is 4.66. The van der Waals surface area contributed by atoms with E-state index in [1.807, 2.05) is 0 Å². The molecule has 0 aromatic carbocycles. The molecule has 1 N–H and O–H groups in total. The predicted molar refractivity (Wildman–Crippen MR) is 62.9 cm³/mol. The van der Waals surface area contributed by atoms with Gasteiger partial charge in [0.15, 0.2) is 0 Å². The normalized spacial score (nSPS) is 42.3. The Hall–Kier alpha value is -0.570. The Morgan fingerprint density at radius 3 is 3.06 bits per heavy atom. The lowest BCUT2D eigenvalue weighted by atomic mass is 9.91. The van der Waals surface area contributed by atoms with Gasteiger partial charge in [-0.1, -0.05) is 26.2 Å². The molecule has 0 radical (unpaired) electrons. The van der Waals surface area contributed by atoms with Crippen molar-refractivity contribution in [2.75, 3.05) is 0 Å². The maximum Gasteiger partial charge on any atom is 0.224 e. The fraction of sp³-hybridized carbons (Fsp3) is 0.923. The van der Waals surface area contributed by atoms with Crippen molar-refractivity contribution >= 4 is 5.91 Å². The lowest BCUT2D eigenvalue weighted by Gasteiger charge is -2.35. The zero-order valence-electron chi connectivity index (χ0n) is 10.2. The molecule has 2 aliphatic heterocycles. The van der Waals surface area contributed by atoms with Crippen molar-refractivity contribution in [3.63, 3.8) is 0 Å². The molecule has 90 valence electrons. The Morgan fingerprint density at radius 1 is 1.44 bits per heavy atom. The monoisotopic (exact) mass is 222 g/mol. The second kappa shape index (κ2) is 3.73. The van der Waals surface area contributed by atoms with Gasteiger partial charge in [0.25, 0.3) is 0 Å². The molecule has 3 nitrogen and oxygen atoms in total. The largest absolute Gasteiger partial charge is 0.320 e. The highest BCUT2D eigenvalue weighted by atomic mass is 16.2. The van der Waals surface area contributed by atoms with Gasteiger partial charge in [-0.15, -0.1) is 0 Å². The van der Waals surface area contributed by atoms with E-state index >= 15 is 0 Å². The number of nitrogens with one attached hydrogen (secondary N) is 1. The van der Waals surface area contributed by atoms with Crippen molar-refractivity contribution in [3.05, 3.63) is 0 Å². The van der Waals surface area contributed by atoms with Crippen molar-refractivity contribution < 1.29 is 4.79 Å². The molecular formula is C13H22N2O. The highest BCUT2D eigenvalue weighted by Crippen LogP contribution is 2.43.